The number of benzene rings is 4. The minimum Gasteiger partial charge on any atom is -0.457 e. The van der Waals surface area contributed by atoms with E-state index in [4.69, 9.17) is 14.2 Å². The monoisotopic (exact) mass is 548 g/mol. The first-order chi connectivity index (χ1) is 19.6. The predicted octanol–water partition coefficient (Wildman–Crippen LogP) is 6.72. The van der Waals surface area contributed by atoms with Crippen LogP contribution in [0.2, 0.25) is 0 Å². The average molecular weight is 549 g/mol. The molecule has 0 amide bonds. The molecule has 0 fully saturated rings. The Labute approximate surface area is 235 Å². The minimum absolute atomic E-state index is 0.141. The van der Waals surface area contributed by atoms with Gasteiger partial charge in [0, 0.05) is 0 Å². The van der Waals surface area contributed by atoms with Crippen molar-refractivity contribution < 1.29 is 38.1 Å². The molecule has 0 aromatic heterocycles. The maximum Gasteiger partial charge on any atom is 0.350 e. The number of cyclic esters (lactones) is 4. The van der Waals surface area contributed by atoms with E-state index in [-0.39, 0.29) is 28.0 Å². The Morgan fingerprint density at radius 1 is 0.561 bits per heavy atom. The van der Waals surface area contributed by atoms with Crippen molar-refractivity contribution in [3.8, 4) is 23.0 Å². The van der Waals surface area contributed by atoms with Crippen molar-refractivity contribution in [3.05, 3.63) is 116 Å². The standard InChI is InChI=1S/C33H24O8/c1-16-10-20(11-17(2)28(16)38-22-8-9-23-25(15-22)32(36)40-30(23)34)14-21-12-18(3)29(19(4)13-21)39-26-7-5-6-24-27(26)33(37)41-31(24)35/h5-13,15H,14H2,1-4H3. The Morgan fingerprint density at radius 2 is 1.10 bits per heavy atom. The molecule has 2 heterocycles. The fourth-order valence-electron chi connectivity index (χ4n) is 5.38. The Kier molecular flexibility index (Phi) is 6.18. The van der Waals surface area contributed by atoms with Crippen LogP contribution in [0.15, 0.2) is 60.7 Å². The Balaban J connectivity index is 1.22. The van der Waals surface area contributed by atoms with Crippen molar-refractivity contribution >= 4 is 23.9 Å². The zero-order valence-electron chi connectivity index (χ0n) is 22.7. The van der Waals surface area contributed by atoms with Crippen LogP contribution in [0.5, 0.6) is 23.0 Å². The third-order valence-electron chi connectivity index (χ3n) is 7.13. The van der Waals surface area contributed by atoms with Gasteiger partial charge in [0.2, 0.25) is 0 Å². The first kappa shape index (κ1) is 26.0. The van der Waals surface area contributed by atoms with Crippen LogP contribution < -0.4 is 9.47 Å². The second kappa shape index (κ2) is 9.75. The number of carbonyl (C=O) groups is 4. The summed E-state index contributed by atoms with van der Waals surface area (Å²) in [6.45, 7) is 7.79. The molecule has 0 saturated heterocycles. The normalized spacial score (nSPS) is 13.6. The van der Waals surface area contributed by atoms with Crippen LogP contribution in [0.25, 0.3) is 0 Å². The quantitative estimate of drug-likeness (QED) is 0.193. The summed E-state index contributed by atoms with van der Waals surface area (Å²) in [5, 5.41) is 0. The summed E-state index contributed by atoms with van der Waals surface area (Å²) in [6.07, 6.45) is 0.665. The lowest BCUT2D eigenvalue weighted by Crippen LogP contribution is -2.01. The van der Waals surface area contributed by atoms with Crippen molar-refractivity contribution in [2.75, 3.05) is 0 Å². The second-order valence-corrected chi connectivity index (χ2v) is 10.2. The lowest BCUT2D eigenvalue weighted by atomic mass is 9.97. The van der Waals surface area contributed by atoms with Gasteiger partial charge in [-0.2, -0.15) is 0 Å². The van der Waals surface area contributed by atoms with Crippen LogP contribution in [0.3, 0.4) is 0 Å². The van der Waals surface area contributed by atoms with E-state index in [1.165, 1.54) is 12.1 Å². The van der Waals surface area contributed by atoms with Gasteiger partial charge in [0.05, 0.1) is 16.7 Å². The first-order valence-corrected chi connectivity index (χ1v) is 12.9. The number of rotatable bonds is 6. The zero-order chi connectivity index (χ0) is 29.0. The number of carbonyl (C=O) groups excluding carboxylic acids is 4. The van der Waals surface area contributed by atoms with Crippen LogP contribution >= 0.6 is 0 Å². The Bertz CT molecular complexity index is 1790. The molecule has 2 aliphatic rings. The molecule has 204 valence electrons. The number of aryl methyl sites for hydroxylation is 4. The van der Waals surface area contributed by atoms with Crippen LogP contribution in [-0.4, -0.2) is 23.9 Å². The Morgan fingerprint density at radius 3 is 1.73 bits per heavy atom. The van der Waals surface area contributed by atoms with E-state index in [1.54, 1.807) is 24.3 Å². The van der Waals surface area contributed by atoms with Crippen LogP contribution in [0, 0.1) is 27.7 Å². The van der Waals surface area contributed by atoms with Gasteiger partial charge in [-0.05, 0) is 97.8 Å². The Hall–Kier alpha value is -5.24. The highest BCUT2D eigenvalue weighted by molar-refractivity contribution is 6.16. The minimum atomic E-state index is -0.709. The molecule has 0 radical (unpaired) electrons. The molecule has 4 aromatic carbocycles. The lowest BCUT2D eigenvalue weighted by molar-refractivity contribution is 0.0425. The SMILES string of the molecule is Cc1cc(Cc2cc(C)c(Oc3cccc4c3C(=O)OC4=O)c(C)c2)cc(C)c1Oc1ccc2c(c1)C(=O)OC2=O. The van der Waals surface area contributed by atoms with E-state index in [0.29, 0.717) is 23.7 Å². The van der Waals surface area contributed by atoms with Crippen LogP contribution in [0.4, 0.5) is 0 Å². The van der Waals surface area contributed by atoms with Gasteiger partial charge in [-0.1, -0.05) is 30.3 Å². The summed E-state index contributed by atoms with van der Waals surface area (Å²) >= 11 is 0. The maximum atomic E-state index is 12.2. The highest BCUT2D eigenvalue weighted by Crippen LogP contribution is 2.37. The molecule has 0 spiro atoms. The van der Waals surface area contributed by atoms with E-state index in [1.807, 2.05) is 39.8 Å². The summed E-state index contributed by atoms with van der Waals surface area (Å²) in [5.74, 6) is -0.687. The van der Waals surface area contributed by atoms with Gasteiger partial charge in [-0.15, -0.1) is 0 Å². The van der Waals surface area contributed by atoms with Crippen LogP contribution in [0.1, 0.15) is 74.8 Å². The number of hydrogen-bond donors (Lipinski definition) is 0. The van der Waals surface area contributed by atoms with Crippen molar-refractivity contribution in [2.24, 2.45) is 0 Å². The number of hydrogen-bond acceptors (Lipinski definition) is 8. The second-order valence-electron chi connectivity index (χ2n) is 10.2. The van der Waals surface area contributed by atoms with Gasteiger partial charge < -0.3 is 18.9 Å². The molecule has 0 bridgehead atoms. The third-order valence-corrected chi connectivity index (χ3v) is 7.13. The highest BCUT2D eigenvalue weighted by atomic mass is 16.6. The topological polar surface area (TPSA) is 105 Å². The van der Waals surface area contributed by atoms with Crippen LogP contribution in [-0.2, 0) is 15.9 Å². The third kappa shape index (κ3) is 4.63. The summed E-state index contributed by atoms with van der Waals surface area (Å²) in [7, 11) is 0. The molecule has 2 aliphatic heterocycles. The molecule has 8 nitrogen and oxygen atoms in total. The van der Waals surface area contributed by atoms with E-state index in [0.717, 1.165) is 33.4 Å². The fraction of sp³-hybridized carbons (Fsp3) is 0.152. The molecular weight excluding hydrogens is 524 g/mol. The van der Waals surface area contributed by atoms with Gasteiger partial charge >= 0.3 is 23.9 Å². The summed E-state index contributed by atoms with van der Waals surface area (Å²) in [4.78, 5) is 47.8. The smallest absolute Gasteiger partial charge is 0.350 e. The largest absolute Gasteiger partial charge is 0.457 e. The summed E-state index contributed by atoms with van der Waals surface area (Å²) in [5.41, 5.74) is 6.56. The number of fused-ring (bicyclic) bond motifs is 2. The first-order valence-electron chi connectivity index (χ1n) is 12.9. The summed E-state index contributed by atoms with van der Waals surface area (Å²) < 4.78 is 21.7. The van der Waals surface area contributed by atoms with Gasteiger partial charge in [0.1, 0.15) is 28.6 Å². The highest BCUT2D eigenvalue weighted by Gasteiger charge is 2.33. The van der Waals surface area contributed by atoms with Crippen molar-refractivity contribution in [3.63, 3.8) is 0 Å². The molecule has 0 aliphatic carbocycles. The van der Waals surface area contributed by atoms with E-state index < -0.39 is 23.9 Å². The fourth-order valence-corrected chi connectivity index (χ4v) is 5.38. The average Bonchev–Trinajstić information content (AvgIpc) is 3.37. The van der Waals surface area contributed by atoms with Gasteiger partial charge in [-0.3, -0.25) is 0 Å². The molecule has 0 unspecified atom stereocenters. The molecule has 41 heavy (non-hydrogen) atoms. The van der Waals surface area contributed by atoms with Crippen molar-refractivity contribution in [2.45, 2.75) is 34.1 Å². The molecule has 6 rings (SSSR count). The molecule has 0 N–H and O–H groups in total. The molecular formula is C33H24O8. The van der Waals surface area contributed by atoms with Gasteiger partial charge in [0.25, 0.3) is 0 Å². The van der Waals surface area contributed by atoms with Gasteiger partial charge in [-0.25, -0.2) is 19.2 Å². The lowest BCUT2D eigenvalue weighted by Gasteiger charge is -2.16. The van der Waals surface area contributed by atoms with E-state index >= 15 is 0 Å². The molecule has 8 heteroatoms. The van der Waals surface area contributed by atoms with Crippen molar-refractivity contribution in [1.82, 2.24) is 0 Å². The van der Waals surface area contributed by atoms with Gasteiger partial charge in [0.15, 0.2) is 0 Å². The van der Waals surface area contributed by atoms with E-state index in [2.05, 4.69) is 16.9 Å². The zero-order valence-corrected chi connectivity index (χ0v) is 22.7. The van der Waals surface area contributed by atoms with Crippen molar-refractivity contribution in [1.29, 1.82) is 0 Å². The summed E-state index contributed by atoms with van der Waals surface area (Å²) in [6, 6.07) is 17.7. The predicted molar refractivity (Wildman–Crippen MR) is 147 cm³/mol. The molecule has 4 aromatic rings. The van der Waals surface area contributed by atoms with E-state index in [9.17, 15) is 19.2 Å². The maximum absolute atomic E-state index is 12.2. The number of esters is 4. The molecule has 0 atom stereocenters. The molecule has 0 saturated carbocycles. The number of ether oxygens (including phenoxy) is 4.